The van der Waals surface area contributed by atoms with Gasteiger partial charge in [-0.05, 0) is 57.1 Å². The van der Waals surface area contributed by atoms with Crippen LogP contribution >= 0.6 is 0 Å². The zero-order chi connectivity index (χ0) is 18.1. The molecular formula is C21H29N3O. The van der Waals surface area contributed by atoms with Crippen molar-refractivity contribution in [1.29, 1.82) is 0 Å². The maximum atomic E-state index is 9.26. The fraction of sp³-hybridized carbons (Fsp3) is 0.476. The topological polar surface area (TPSA) is 56.6 Å². The van der Waals surface area contributed by atoms with Crippen molar-refractivity contribution in [2.75, 3.05) is 0 Å². The predicted molar refractivity (Wildman–Crippen MR) is 103 cm³/mol. The number of benzene rings is 1. The first-order valence-electron chi connectivity index (χ1n) is 9.14. The molecule has 0 amide bonds. The lowest BCUT2D eigenvalue weighted by atomic mass is 9.98. The molecule has 4 heteroatoms. The standard InChI is InChI=1S/C21H29N3O/c1-5-17(19(6-2)23-25)14-22-21(13-16(21)4)24-20(11-12-20)18-10-8-7-9-15(18)3/h5-10,14,16,23-25H,11-13H2,1-4H3/b17-5+,19-6?,22-14-/t16?,21-/m0/s1. The van der Waals surface area contributed by atoms with Gasteiger partial charge in [0, 0.05) is 17.3 Å². The van der Waals surface area contributed by atoms with Gasteiger partial charge >= 0.3 is 0 Å². The molecule has 0 bridgehead atoms. The molecule has 2 atom stereocenters. The highest BCUT2D eigenvalue weighted by atomic mass is 16.5. The highest BCUT2D eigenvalue weighted by Gasteiger charge is 2.59. The minimum Gasteiger partial charge on any atom is -0.291 e. The van der Waals surface area contributed by atoms with Gasteiger partial charge in [-0.25, -0.2) is 0 Å². The van der Waals surface area contributed by atoms with Crippen LogP contribution in [0.1, 0.15) is 51.2 Å². The van der Waals surface area contributed by atoms with E-state index in [1.807, 2.05) is 32.2 Å². The van der Waals surface area contributed by atoms with Gasteiger partial charge in [0.25, 0.3) is 0 Å². The zero-order valence-corrected chi connectivity index (χ0v) is 15.6. The van der Waals surface area contributed by atoms with E-state index in [1.54, 1.807) is 0 Å². The summed E-state index contributed by atoms with van der Waals surface area (Å²) in [5.41, 5.74) is 6.44. The first kappa shape index (κ1) is 17.9. The number of allylic oxidation sites excluding steroid dienone is 3. The maximum Gasteiger partial charge on any atom is 0.114 e. The number of rotatable bonds is 7. The summed E-state index contributed by atoms with van der Waals surface area (Å²) in [5, 5.41) is 13.2. The first-order valence-corrected chi connectivity index (χ1v) is 9.14. The number of hydrogen-bond acceptors (Lipinski definition) is 4. The van der Waals surface area contributed by atoms with Gasteiger partial charge in [-0.3, -0.25) is 21.0 Å². The van der Waals surface area contributed by atoms with Crippen molar-refractivity contribution in [2.45, 2.75) is 58.2 Å². The van der Waals surface area contributed by atoms with Crippen LogP contribution in [0.15, 0.2) is 52.7 Å². The van der Waals surface area contributed by atoms with Crippen LogP contribution in [-0.2, 0) is 5.54 Å². The Hall–Kier alpha value is -1.91. The van der Waals surface area contributed by atoms with Gasteiger partial charge in [-0.2, -0.15) is 0 Å². The third-order valence-electron chi connectivity index (χ3n) is 5.60. The summed E-state index contributed by atoms with van der Waals surface area (Å²) in [4.78, 5) is 4.92. The molecule has 0 saturated heterocycles. The van der Waals surface area contributed by atoms with Crippen molar-refractivity contribution < 1.29 is 5.21 Å². The number of hydroxylamine groups is 1. The molecule has 4 nitrogen and oxygen atoms in total. The van der Waals surface area contributed by atoms with E-state index in [-0.39, 0.29) is 11.2 Å². The van der Waals surface area contributed by atoms with Crippen LogP contribution in [0.5, 0.6) is 0 Å². The number of aryl methyl sites for hydroxylation is 1. The SMILES string of the molecule is CC=C(NO)C(/C=N\[C@]1(NC2(c3ccccc3C)CC2)CC1C)=C/C. The average molecular weight is 339 g/mol. The molecular weight excluding hydrogens is 310 g/mol. The van der Waals surface area contributed by atoms with E-state index in [0.717, 1.165) is 24.8 Å². The fourth-order valence-electron chi connectivity index (χ4n) is 3.69. The van der Waals surface area contributed by atoms with Gasteiger partial charge in [0.05, 0.1) is 5.70 Å². The maximum absolute atomic E-state index is 9.26. The van der Waals surface area contributed by atoms with E-state index < -0.39 is 0 Å². The molecule has 25 heavy (non-hydrogen) atoms. The third kappa shape index (κ3) is 3.42. The van der Waals surface area contributed by atoms with Crippen molar-refractivity contribution in [3.63, 3.8) is 0 Å². The van der Waals surface area contributed by atoms with E-state index >= 15 is 0 Å². The Bertz CT molecular complexity index is 730. The molecule has 134 valence electrons. The largest absolute Gasteiger partial charge is 0.291 e. The molecule has 2 fully saturated rings. The predicted octanol–water partition coefficient (Wildman–Crippen LogP) is 4.21. The summed E-state index contributed by atoms with van der Waals surface area (Å²) in [6.07, 6.45) is 9.05. The minimum atomic E-state index is -0.193. The Morgan fingerprint density at radius 1 is 1.24 bits per heavy atom. The second-order valence-corrected chi connectivity index (χ2v) is 7.37. The Morgan fingerprint density at radius 2 is 1.92 bits per heavy atom. The van der Waals surface area contributed by atoms with Crippen molar-refractivity contribution >= 4 is 6.21 Å². The van der Waals surface area contributed by atoms with Crippen LogP contribution in [0.3, 0.4) is 0 Å². The Morgan fingerprint density at radius 3 is 2.40 bits per heavy atom. The lowest BCUT2D eigenvalue weighted by Crippen LogP contribution is -2.41. The van der Waals surface area contributed by atoms with Gasteiger partial charge in [0.15, 0.2) is 0 Å². The van der Waals surface area contributed by atoms with E-state index in [9.17, 15) is 5.21 Å². The summed E-state index contributed by atoms with van der Waals surface area (Å²) in [6.45, 7) is 8.27. The molecule has 1 aromatic rings. The summed E-state index contributed by atoms with van der Waals surface area (Å²) in [5.74, 6) is 0.513. The highest BCUT2D eigenvalue weighted by Crippen LogP contribution is 2.54. The van der Waals surface area contributed by atoms with Crippen molar-refractivity contribution in [2.24, 2.45) is 10.9 Å². The molecule has 0 heterocycles. The van der Waals surface area contributed by atoms with Crippen molar-refractivity contribution in [1.82, 2.24) is 10.8 Å². The summed E-state index contributed by atoms with van der Waals surface area (Å²) >= 11 is 0. The summed E-state index contributed by atoms with van der Waals surface area (Å²) < 4.78 is 0. The Labute approximate surface area is 150 Å². The van der Waals surface area contributed by atoms with Gasteiger partial charge in [-0.15, -0.1) is 0 Å². The van der Waals surface area contributed by atoms with Crippen LogP contribution < -0.4 is 10.8 Å². The van der Waals surface area contributed by atoms with Crippen LogP contribution in [0, 0.1) is 12.8 Å². The molecule has 2 aliphatic carbocycles. The average Bonchev–Trinajstić information content (AvgIpc) is 3.51. The molecule has 1 aromatic carbocycles. The quantitative estimate of drug-likeness (QED) is 0.396. The third-order valence-corrected chi connectivity index (χ3v) is 5.60. The molecule has 0 radical (unpaired) electrons. The number of hydrogen-bond donors (Lipinski definition) is 3. The van der Waals surface area contributed by atoms with Crippen LogP contribution in [0.2, 0.25) is 0 Å². The lowest BCUT2D eigenvalue weighted by Gasteiger charge is -2.25. The Balaban J connectivity index is 1.81. The minimum absolute atomic E-state index is 0.0716. The monoisotopic (exact) mass is 339 g/mol. The molecule has 0 aliphatic heterocycles. The second-order valence-electron chi connectivity index (χ2n) is 7.37. The van der Waals surface area contributed by atoms with Gasteiger partial charge < -0.3 is 0 Å². The molecule has 0 spiro atoms. The van der Waals surface area contributed by atoms with Crippen molar-refractivity contribution in [3.8, 4) is 0 Å². The van der Waals surface area contributed by atoms with Gasteiger partial charge in [0.1, 0.15) is 5.66 Å². The van der Waals surface area contributed by atoms with E-state index in [4.69, 9.17) is 4.99 Å². The van der Waals surface area contributed by atoms with E-state index in [1.165, 1.54) is 11.1 Å². The molecule has 2 aliphatic rings. The number of nitrogens with one attached hydrogen (secondary N) is 2. The van der Waals surface area contributed by atoms with Gasteiger partial charge in [-0.1, -0.05) is 43.3 Å². The van der Waals surface area contributed by atoms with E-state index in [0.29, 0.717) is 11.6 Å². The first-order chi connectivity index (χ1) is 12.0. The molecule has 2 saturated carbocycles. The molecule has 0 aromatic heterocycles. The van der Waals surface area contributed by atoms with Gasteiger partial charge in [0.2, 0.25) is 0 Å². The summed E-state index contributed by atoms with van der Waals surface area (Å²) in [7, 11) is 0. The zero-order valence-electron chi connectivity index (χ0n) is 15.6. The normalized spacial score (nSPS) is 28.3. The summed E-state index contributed by atoms with van der Waals surface area (Å²) in [6, 6.07) is 8.65. The van der Waals surface area contributed by atoms with Crippen LogP contribution in [-0.4, -0.2) is 17.1 Å². The van der Waals surface area contributed by atoms with Crippen LogP contribution in [0.25, 0.3) is 0 Å². The fourth-order valence-corrected chi connectivity index (χ4v) is 3.69. The highest BCUT2D eigenvalue weighted by molar-refractivity contribution is 5.84. The van der Waals surface area contributed by atoms with E-state index in [2.05, 4.69) is 48.9 Å². The second kappa shape index (κ2) is 6.77. The molecule has 3 rings (SSSR count). The smallest absolute Gasteiger partial charge is 0.114 e. The van der Waals surface area contributed by atoms with Crippen molar-refractivity contribution in [3.05, 3.63) is 58.8 Å². The molecule has 1 unspecified atom stereocenters. The number of nitrogens with zero attached hydrogens (tertiary/aromatic N) is 1. The molecule has 3 N–H and O–H groups in total. The number of aliphatic imine (C=N–C) groups is 1. The van der Waals surface area contributed by atoms with Crippen LogP contribution in [0.4, 0.5) is 0 Å². The Kier molecular flexibility index (Phi) is 4.85. The lowest BCUT2D eigenvalue weighted by molar-refractivity contribution is 0.204.